The first-order chi connectivity index (χ1) is 5.75. The first kappa shape index (κ1) is 8.94. The Morgan fingerprint density at radius 3 is 2.92 bits per heavy atom. The van der Waals surface area contributed by atoms with Crippen LogP contribution in [0.1, 0.15) is 6.42 Å². The van der Waals surface area contributed by atoms with Gasteiger partial charge >= 0.3 is 0 Å². The minimum Gasteiger partial charge on any atom is -0.368 e. The van der Waals surface area contributed by atoms with Gasteiger partial charge in [0.1, 0.15) is 0 Å². The quantitative estimate of drug-likeness (QED) is 0.420. The van der Waals surface area contributed by atoms with Crippen LogP contribution >= 0.6 is 11.8 Å². The summed E-state index contributed by atoms with van der Waals surface area (Å²) in [7, 11) is 1.83. The van der Waals surface area contributed by atoms with Crippen molar-refractivity contribution < 1.29 is 0 Å². The third-order valence-electron chi connectivity index (χ3n) is 1.35. The second kappa shape index (κ2) is 4.02. The molecule has 5 heteroatoms. The number of thioether (sulfide) groups is 1. The summed E-state index contributed by atoms with van der Waals surface area (Å²) in [5.41, 5.74) is 5.48. The zero-order valence-corrected chi connectivity index (χ0v) is 7.64. The fourth-order valence-corrected chi connectivity index (χ4v) is 1.44. The lowest BCUT2D eigenvalue weighted by atomic mass is 10.5. The molecule has 1 heterocycles. The molecule has 0 saturated carbocycles. The average molecular weight is 182 g/mol. The van der Waals surface area contributed by atoms with Crippen LogP contribution in [0.5, 0.6) is 0 Å². The van der Waals surface area contributed by atoms with Crippen molar-refractivity contribution in [2.24, 2.45) is 7.05 Å². The maximum absolute atomic E-state index is 5.48. The van der Waals surface area contributed by atoms with E-state index in [0.717, 1.165) is 17.3 Å². The molecule has 1 aromatic rings. The van der Waals surface area contributed by atoms with E-state index in [1.807, 2.05) is 7.05 Å². The molecule has 0 radical (unpaired) electrons. The largest absolute Gasteiger partial charge is 0.368 e. The predicted octanol–water partition coefficient (Wildman–Crippen LogP) is 0.513. The van der Waals surface area contributed by atoms with Crippen LogP contribution in [-0.4, -0.2) is 20.5 Å². The van der Waals surface area contributed by atoms with Crippen LogP contribution < -0.4 is 5.73 Å². The first-order valence-electron chi connectivity index (χ1n) is 3.47. The Bertz CT molecular complexity index is 299. The molecule has 0 aliphatic carbocycles. The van der Waals surface area contributed by atoms with Gasteiger partial charge in [-0.3, -0.25) is 4.57 Å². The Balaban J connectivity index is 2.53. The summed E-state index contributed by atoms with van der Waals surface area (Å²) in [6.45, 7) is 0. The highest BCUT2D eigenvalue weighted by Crippen LogP contribution is 2.16. The van der Waals surface area contributed by atoms with Crippen molar-refractivity contribution in [2.75, 3.05) is 11.5 Å². The number of hydrogen-bond acceptors (Lipinski definition) is 4. The fraction of sp³-hybridized carbons (Fsp3) is 0.429. The van der Waals surface area contributed by atoms with Gasteiger partial charge in [-0.25, -0.2) is 0 Å². The van der Waals surface area contributed by atoms with Crippen molar-refractivity contribution in [1.82, 2.24) is 14.8 Å². The molecule has 0 fully saturated rings. The van der Waals surface area contributed by atoms with Gasteiger partial charge in [0.25, 0.3) is 0 Å². The molecule has 0 spiro atoms. The molecule has 1 aromatic heterocycles. The summed E-state index contributed by atoms with van der Waals surface area (Å²) in [5.74, 6) is 3.83. The summed E-state index contributed by atoms with van der Waals surface area (Å²) in [5, 5.41) is 8.39. The van der Waals surface area contributed by atoms with E-state index in [1.165, 1.54) is 0 Å². The van der Waals surface area contributed by atoms with Crippen molar-refractivity contribution in [3.63, 3.8) is 0 Å². The maximum Gasteiger partial charge on any atom is 0.222 e. The first-order valence-corrected chi connectivity index (χ1v) is 4.45. The van der Waals surface area contributed by atoms with E-state index in [0.29, 0.717) is 5.95 Å². The van der Waals surface area contributed by atoms with Crippen LogP contribution in [0.2, 0.25) is 0 Å². The van der Waals surface area contributed by atoms with Crippen molar-refractivity contribution >= 4 is 17.7 Å². The average Bonchev–Trinajstić information content (AvgIpc) is 2.36. The number of anilines is 1. The summed E-state index contributed by atoms with van der Waals surface area (Å²) in [6, 6.07) is 0. The Labute approximate surface area is 75.5 Å². The number of rotatable bonds is 3. The molecule has 0 unspecified atom stereocenters. The van der Waals surface area contributed by atoms with Crippen molar-refractivity contribution in [3.05, 3.63) is 0 Å². The Kier molecular flexibility index (Phi) is 3.00. The molecular formula is C7H10N4S. The highest BCUT2D eigenvalue weighted by molar-refractivity contribution is 7.99. The number of nitrogens with zero attached hydrogens (tertiary/aromatic N) is 3. The van der Waals surface area contributed by atoms with Crippen LogP contribution in [0, 0.1) is 12.3 Å². The molecule has 1 rings (SSSR count). The van der Waals surface area contributed by atoms with E-state index in [9.17, 15) is 0 Å². The lowest BCUT2D eigenvalue weighted by molar-refractivity contribution is 0.796. The number of aromatic nitrogens is 3. The zero-order chi connectivity index (χ0) is 8.97. The van der Waals surface area contributed by atoms with E-state index in [2.05, 4.69) is 16.1 Å². The topological polar surface area (TPSA) is 56.7 Å². The van der Waals surface area contributed by atoms with Gasteiger partial charge in [0.15, 0.2) is 5.16 Å². The molecule has 0 saturated heterocycles. The molecule has 0 amide bonds. The van der Waals surface area contributed by atoms with E-state index < -0.39 is 0 Å². The van der Waals surface area contributed by atoms with Gasteiger partial charge in [0.2, 0.25) is 5.95 Å². The Morgan fingerprint density at radius 1 is 1.67 bits per heavy atom. The molecule has 4 nitrogen and oxygen atoms in total. The molecule has 64 valence electrons. The lowest BCUT2D eigenvalue weighted by Crippen LogP contribution is -1.98. The minimum atomic E-state index is 0.429. The highest BCUT2D eigenvalue weighted by atomic mass is 32.2. The zero-order valence-electron chi connectivity index (χ0n) is 6.82. The minimum absolute atomic E-state index is 0.429. The molecular weight excluding hydrogens is 172 g/mol. The standard InChI is InChI=1S/C7H10N4S/c1-3-4-5-12-7-10-9-6(8)11(7)2/h1H,4-5H2,2H3,(H2,8,9). The number of terminal acetylenes is 1. The van der Waals surface area contributed by atoms with E-state index in [4.69, 9.17) is 12.2 Å². The second-order valence-electron chi connectivity index (χ2n) is 2.20. The van der Waals surface area contributed by atoms with Gasteiger partial charge in [-0.1, -0.05) is 11.8 Å². The summed E-state index contributed by atoms with van der Waals surface area (Å²) in [6.07, 6.45) is 5.84. The summed E-state index contributed by atoms with van der Waals surface area (Å²) < 4.78 is 1.74. The van der Waals surface area contributed by atoms with Gasteiger partial charge in [0, 0.05) is 19.2 Å². The highest BCUT2D eigenvalue weighted by Gasteiger charge is 2.04. The van der Waals surface area contributed by atoms with Gasteiger partial charge in [-0.2, -0.15) is 0 Å². The van der Waals surface area contributed by atoms with E-state index >= 15 is 0 Å². The summed E-state index contributed by atoms with van der Waals surface area (Å²) >= 11 is 1.56. The van der Waals surface area contributed by atoms with Gasteiger partial charge in [-0.15, -0.1) is 22.5 Å². The number of hydrogen-bond donors (Lipinski definition) is 1. The van der Waals surface area contributed by atoms with Gasteiger partial charge in [0.05, 0.1) is 0 Å². The Hall–Kier alpha value is -1.15. The number of nitrogen functional groups attached to an aromatic ring is 1. The van der Waals surface area contributed by atoms with Crippen molar-refractivity contribution in [2.45, 2.75) is 11.6 Å². The van der Waals surface area contributed by atoms with Gasteiger partial charge in [-0.05, 0) is 0 Å². The molecule has 12 heavy (non-hydrogen) atoms. The normalized spacial score (nSPS) is 9.67. The predicted molar refractivity (Wildman–Crippen MR) is 49.6 cm³/mol. The molecule has 0 aliphatic rings. The van der Waals surface area contributed by atoms with Crippen molar-refractivity contribution in [1.29, 1.82) is 0 Å². The van der Waals surface area contributed by atoms with Crippen LogP contribution in [0.15, 0.2) is 5.16 Å². The molecule has 0 aliphatic heterocycles. The molecule has 0 atom stereocenters. The fourth-order valence-electron chi connectivity index (χ4n) is 0.653. The third-order valence-corrected chi connectivity index (χ3v) is 2.37. The third kappa shape index (κ3) is 1.92. The maximum atomic E-state index is 5.48. The van der Waals surface area contributed by atoms with Crippen molar-refractivity contribution in [3.8, 4) is 12.3 Å². The van der Waals surface area contributed by atoms with Crippen LogP contribution in [0.4, 0.5) is 5.95 Å². The van der Waals surface area contributed by atoms with E-state index in [-0.39, 0.29) is 0 Å². The summed E-state index contributed by atoms with van der Waals surface area (Å²) in [4.78, 5) is 0. The van der Waals surface area contributed by atoms with E-state index in [1.54, 1.807) is 16.3 Å². The molecule has 2 N–H and O–H groups in total. The van der Waals surface area contributed by atoms with Crippen LogP contribution in [0.25, 0.3) is 0 Å². The molecule has 0 bridgehead atoms. The monoisotopic (exact) mass is 182 g/mol. The SMILES string of the molecule is C#CCCSc1nnc(N)n1C. The second-order valence-corrected chi connectivity index (χ2v) is 3.26. The van der Waals surface area contributed by atoms with Crippen LogP contribution in [0.3, 0.4) is 0 Å². The smallest absolute Gasteiger partial charge is 0.222 e. The molecule has 0 aromatic carbocycles. The number of nitrogens with two attached hydrogens (primary N) is 1. The van der Waals surface area contributed by atoms with Crippen LogP contribution in [-0.2, 0) is 7.05 Å². The Morgan fingerprint density at radius 2 is 2.42 bits per heavy atom. The lowest BCUT2D eigenvalue weighted by Gasteiger charge is -1.97. The van der Waals surface area contributed by atoms with Gasteiger partial charge < -0.3 is 5.73 Å².